The maximum absolute atomic E-state index is 5.63. The molecule has 0 bridgehead atoms. The highest BCUT2D eigenvalue weighted by Gasteiger charge is 2.11. The molecule has 3 rings (SSSR count). The normalized spacial score (nSPS) is 10.2. The Kier molecular flexibility index (Phi) is 3.03. The first-order chi connectivity index (χ1) is 9.79. The minimum atomic E-state index is 0.232. The molecule has 0 radical (unpaired) electrons. The quantitative estimate of drug-likeness (QED) is 0.566. The molecule has 3 aromatic heterocycles. The lowest BCUT2D eigenvalue weighted by Crippen LogP contribution is -1.95. The number of aromatic amines is 1. The summed E-state index contributed by atoms with van der Waals surface area (Å²) in [5.74, 6) is 6.14. The van der Waals surface area contributed by atoms with Gasteiger partial charge in [-0.2, -0.15) is 0 Å². The number of rotatable bonds is 1. The number of aromatic nitrogens is 4. The van der Waals surface area contributed by atoms with Crippen molar-refractivity contribution in [3.63, 3.8) is 0 Å². The van der Waals surface area contributed by atoms with Crippen LogP contribution in [0.3, 0.4) is 0 Å². The second-order valence-corrected chi connectivity index (χ2v) is 4.09. The van der Waals surface area contributed by atoms with Crippen LogP contribution in [0.1, 0.15) is 5.56 Å². The number of hydrogen-bond acceptors (Lipinski definition) is 5. The van der Waals surface area contributed by atoms with Crippen LogP contribution in [-0.2, 0) is 0 Å². The molecule has 6 heteroatoms. The second-order valence-electron chi connectivity index (χ2n) is 4.09. The molecule has 0 fully saturated rings. The van der Waals surface area contributed by atoms with Crippen molar-refractivity contribution >= 4 is 17.0 Å². The van der Waals surface area contributed by atoms with Gasteiger partial charge in [0.2, 0.25) is 5.95 Å². The van der Waals surface area contributed by atoms with Crippen LogP contribution in [-0.4, -0.2) is 26.5 Å². The average Bonchev–Trinajstić information content (AvgIpc) is 2.89. The predicted octanol–water partition coefficient (Wildman–Crippen LogP) is 0.912. The molecule has 0 aromatic carbocycles. The monoisotopic (exact) mass is 264 g/mol. The molecule has 0 unspecified atom stereocenters. The van der Waals surface area contributed by atoms with Gasteiger partial charge in [0, 0.05) is 35.1 Å². The summed E-state index contributed by atoms with van der Waals surface area (Å²) in [4.78, 5) is 15.5. The highest BCUT2D eigenvalue weighted by molar-refractivity contribution is 5.96. The van der Waals surface area contributed by atoms with E-state index in [4.69, 9.17) is 11.5 Å². The van der Waals surface area contributed by atoms with Crippen LogP contribution in [0.4, 0.5) is 5.95 Å². The van der Waals surface area contributed by atoms with E-state index < -0.39 is 0 Å². The van der Waals surface area contributed by atoms with Gasteiger partial charge in [0.1, 0.15) is 5.65 Å². The van der Waals surface area contributed by atoms with Gasteiger partial charge in [0.15, 0.2) is 0 Å². The number of fused-ring (bicyclic) bond motifs is 1. The van der Waals surface area contributed by atoms with E-state index in [-0.39, 0.29) is 5.95 Å². The molecule has 3 aromatic rings. The lowest BCUT2D eigenvalue weighted by Gasteiger charge is -2.01. The predicted molar refractivity (Wildman–Crippen MR) is 77.5 cm³/mol. The van der Waals surface area contributed by atoms with E-state index in [1.165, 1.54) is 0 Å². The van der Waals surface area contributed by atoms with Crippen molar-refractivity contribution in [1.29, 1.82) is 0 Å². The van der Waals surface area contributed by atoms with Crippen LogP contribution in [0.15, 0.2) is 30.7 Å². The van der Waals surface area contributed by atoms with Crippen molar-refractivity contribution in [2.45, 2.75) is 0 Å². The van der Waals surface area contributed by atoms with Gasteiger partial charge in [0.05, 0.1) is 12.2 Å². The van der Waals surface area contributed by atoms with E-state index in [2.05, 4.69) is 31.8 Å². The van der Waals surface area contributed by atoms with E-state index >= 15 is 0 Å². The van der Waals surface area contributed by atoms with Crippen molar-refractivity contribution in [3.8, 4) is 23.1 Å². The van der Waals surface area contributed by atoms with Gasteiger partial charge in [-0.25, -0.2) is 15.0 Å². The van der Waals surface area contributed by atoms with Crippen LogP contribution in [0.2, 0.25) is 0 Å². The first kappa shape index (κ1) is 12.1. The van der Waals surface area contributed by atoms with Crippen LogP contribution in [0, 0.1) is 11.8 Å². The van der Waals surface area contributed by atoms with Crippen molar-refractivity contribution < 1.29 is 0 Å². The molecule has 0 aliphatic carbocycles. The standard InChI is InChI=1S/C14H12N6/c15-5-1-2-9-3-6-17-13-12(9)10(8-19-13)11-4-7-18-14(16)20-11/h3-4,6-8H,5,15H2,(H,17,19)(H2,16,18,20). The number of pyridine rings is 1. The molecule has 5 N–H and O–H groups in total. The highest BCUT2D eigenvalue weighted by atomic mass is 15.0. The summed E-state index contributed by atoms with van der Waals surface area (Å²) in [5, 5.41) is 0.909. The van der Waals surface area contributed by atoms with E-state index in [9.17, 15) is 0 Å². The van der Waals surface area contributed by atoms with Crippen LogP contribution in [0.25, 0.3) is 22.3 Å². The summed E-state index contributed by atoms with van der Waals surface area (Å²) in [6, 6.07) is 3.65. The van der Waals surface area contributed by atoms with Gasteiger partial charge in [-0.3, -0.25) is 0 Å². The first-order valence-electron chi connectivity index (χ1n) is 6.03. The Balaban J connectivity index is 2.26. The Bertz CT molecular complexity index is 824. The highest BCUT2D eigenvalue weighted by Crippen LogP contribution is 2.28. The van der Waals surface area contributed by atoms with Gasteiger partial charge >= 0.3 is 0 Å². The summed E-state index contributed by atoms with van der Waals surface area (Å²) in [7, 11) is 0. The number of nitrogens with two attached hydrogens (primary N) is 2. The SMILES string of the molecule is NCC#Cc1ccnc2[nH]cc(-c3ccnc(N)n3)c12. The maximum atomic E-state index is 5.63. The summed E-state index contributed by atoms with van der Waals surface area (Å²) in [5.41, 5.74) is 14.3. The smallest absolute Gasteiger partial charge is 0.220 e. The van der Waals surface area contributed by atoms with E-state index in [0.717, 1.165) is 27.9 Å². The third kappa shape index (κ3) is 2.06. The molecule has 0 aliphatic rings. The largest absolute Gasteiger partial charge is 0.368 e. The molecule has 20 heavy (non-hydrogen) atoms. The second kappa shape index (κ2) is 4.99. The Morgan fingerprint density at radius 1 is 1.20 bits per heavy atom. The fraction of sp³-hybridized carbons (Fsp3) is 0.0714. The van der Waals surface area contributed by atoms with E-state index in [1.54, 1.807) is 18.5 Å². The molecule has 0 aliphatic heterocycles. The zero-order valence-corrected chi connectivity index (χ0v) is 10.6. The Morgan fingerprint density at radius 2 is 2.05 bits per heavy atom. The number of anilines is 1. The minimum absolute atomic E-state index is 0.232. The number of H-pyrrole nitrogens is 1. The Morgan fingerprint density at radius 3 is 2.85 bits per heavy atom. The molecular formula is C14H12N6. The summed E-state index contributed by atoms with van der Waals surface area (Å²) >= 11 is 0. The molecule has 0 saturated heterocycles. The van der Waals surface area contributed by atoms with Crippen molar-refractivity contribution in [3.05, 3.63) is 36.3 Å². The lowest BCUT2D eigenvalue weighted by atomic mass is 10.1. The Labute approximate surface area is 115 Å². The summed E-state index contributed by atoms with van der Waals surface area (Å²) in [6.07, 6.45) is 5.17. The van der Waals surface area contributed by atoms with Gasteiger partial charge in [-0.05, 0) is 12.1 Å². The number of nitrogens with one attached hydrogen (secondary N) is 1. The van der Waals surface area contributed by atoms with Gasteiger partial charge in [-0.1, -0.05) is 11.8 Å². The fourth-order valence-corrected chi connectivity index (χ4v) is 2.03. The fourth-order valence-electron chi connectivity index (χ4n) is 2.03. The molecule has 0 saturated carbocycles. The minimum Gasteiger partial charge on any atom is -0.368 e. The maximum Gasteiger partial charge on any atom is 0.220 e. The van der Waals surface area contributed by atoms with Gasteiger partial charge in [-0.15, -0.1) is 0 Å². The summed E-state index contributed by atoms with van der Waals surface area (Å²) < 4.78 is 0. The molecule has 0 spiro atoms. The van der Waals surface area contributed by atoms with Gasteiger partial charge < -0.3 is 16.5 Å². The number of nitrogen functional groups attached to an aromatic ring is 1. The van der Waals surface area contributed by atoms with Crippen LogP contribution in [0.5, 0.6) is 0 Å². The molecule has 0 atom stereocenters. The zero-order valence-electron chi connectivity index (χ0n) is 10.6. The molecule has 3 heterocycles. The molecule has 0 amide bonds. The number of nitrogens with zero attached hydrogens (tertiary/aromatic N) is 3. The lowest BCUT2D eigenvalue weighted by molar-refractivity contribution is 1.19. The average molecular weight is 264 g/mol. The van der Waals surface area contributed by atoms with Crippen LogP contribution < -0.4 is 11.5 Å². The number of hydrogen-bond donors (Lipinski definition) is 3. The molecule has 6 nitrogen and oxygen atoms in total. The molecule has 98 valence electrons. The molecular weight excluding hydrogens is 252 g/mol. The van der Waals surface area contributed by atoms with E-state index in [0.29, 0.717) is 6.54 Å². The third-order valence-electron chi connectivity index (χ3n) is 2.85. The third-order valence-corrected chi connectivity index (χ3v) is 2.85. The van der Waals surface area contributed by atoms with Crippen molar-refractivity contribution in [1.82, 2.24) is 19.9 Å². The van der Waals surface area contributed by atoms with E-state index in [1.807, 2.05) is 12.3 Å². The topological polar surface area (TPSA) is 106 Å². The first-order valence-corrected chi connectivity index (χ1v) is 6.03. The Hall–Kier alpha value is -2.91. The van der Waals surface area contributed by atoms with Crippen molar-refractivity contribution in [2.24, 2.45) is 5.73 Å². The zero-order chi connectivity index (χ0) is 13.9. The van der Waals surface area contributed by atoms with Crippen LogP contribution >= 0.6 is 0 Å². The summed E-state index contributed by atoms with van der Waals surface area (Å²) in [6.45, 7) is 0.310. The van der Waals surface area contributed by atoms with Gasteiger partial charge in [0.25, 0.3) is 0 Å². The van der Waals surface area contributed by atoms with Crippen molar-refractivity contribution in [2.75, 3.05) is 12.3 Å².